The van der Waals surface area contributed by atoms with Crippen molar-refractivity contribution in [2.45, 2.75) is 13.8 Å². The van der Waals surface area contributed by atoms with Crippen LogP contribution in [0, 0.1) is 22.0 Å². The molecule has 0 saturated heterocycles. The second kappa shape index (κ2) is 6.67. The van der Waals surface area contributed by atoms with Gasteiger partial charge < -0.3 is 4.74 Å². The van der Waals surface area contributed by atoms with Crippen molar-refractivity contribution in [1.29, 1.82) is 0 Å². The van der Waals surface area contributed by atoms with Crippen molar-refractivity contribution >= 4 is 15.7 Å². The summed E-state index contributed by atoms with van der Waals surface area (Å²) < 4.78 is 27.7. The normalized spacial score (nSPS) is 13.2. The van der Waals surface area contributed by atoms with Crippen molar-refractivity contribution in [2.75, 3.05) is 12.4 Å². The maximum atomic E-state index is 11.1. The van der Waals surface area contributed by atoms with E-state index in [1.165, 1.54) is 18.2 Å². The van der Waals surface area contributed by atoms with Gasteiger partial charge in [0, 0.05) is 12.0 Å². The van der Waals surface area contributed by atoms with Gasteiger partial charge in [-0.3, -0.25) is 10.1 Å². The molecule has 1 aromatic rings. The fraction of sp³-hybridized carbons (Fsp3) is 0.500. The van der Waals surface area contributed by atoms with E-state index in [1.807, 2.05) is 13.8 Å². The molecule has 1 unspecified atom stereocenters. The lowest BCUT2D eigenvalue weighted by Crippen LogP contribution is -2.30. The molecule has 0 fully saturated rings. The summed E-state index contributed by atoms with van der Waals surface area (Å²) in [5.41, 5.74) is -0.0740. The number of hydrogen-bond donors (Lipinski definition) is 1. The Bertz CT molecular complexity index is 571. The van der Waals surface area contributed by atoms with E-state index >= 15 is 0 Å². The van der Waals surface area contributed by atoms with E-state index in [0.717, 1.165) is 0 Å². The van der Waals surface area contributed by atoms with Gasteiger partial charge in [0.25, 0.3) is 5.69 Å². The molecule has 0 spiro atoms. The lowest BCUT2D eigenvalue weighted by atomic mass is 9.99. The van der Waals surface area contributed by atoms with Gasteiger partial charge in [0.1, 0.15) is 5.75 Å². The molecule has 0 bridgehead atoms. The van der Waals surface area contributed by atoms with Crippen LogP contribution < -0.4 is 9.88 Å². The summed E-state index contributed by atoms with van der Waals surface area (Å²) in [5.74, 6) is -0.0601. The number of nitro benzene ring substituents is 1. The Kier molecular flexibility index (Phi) is 5.46. The summed E-state index contributed by atoms with van der Waals surface area (Å²) in [6.45, 7) is 3.87. The predicted molar refractivity (Wildman–Crippen MR) is 74.9 cm³/mol. The Morgan fingerprint density at radius 1 is 1.40 bits per heavy atom. The maximum Gasteiger partial charge on any atom is 0.273 e. The molecule has 1 atom stereocenters. The van der Waals surface area contributed by atoms with Crippen molar-refractivity contribution in [3.05, 3.63) is 34.4 Å². The lowest BCUT2D eigenvalue weighted by molar-refractivity contribution is -0.384. The number of hydrogen-bond acceptors (Lipinski definition) is 5. The van der Waals surface area contributed by atoms with E-state index < -0.39 is 14.9 Å². The minimum atomic E-state index is -3.58. The van der Waals surface area contributed by atoms with Crippen molar-refractivity contribution < 1.29 is 18.1 Å². The zero-order valence-electron chi connectivity index (χ0n) is 11.4. The number of ether oxygens (including phenoxy) is 1. The van der Waals surface area contributed by atoms with E-state index in [2.05, 4.69) is 0 Å². The van der Waals surface area contributed by atoms with Crippen LogP contribution in [0.5, 0.6) is 5.75 Å². The highest BCUT2D eigenvalue weighted by Crippen LogP contribution is 2.21. The number of nitrogens with zero attached hydrogens (tertiary/aromatic N) is 1. The first-order valence-electron chi connectivity index (χ1n) is 6.07. The van der Waals surface area contributed by atoms with Gasteiger partial charge in [0.15, 0.2) is 0 Å². The topological polar surface area (TPSA) is 113 Å². The largest absolute Gasteiger partial charge is 0.493 e. The molecule has 0 aliphatic heterocycles. The summed E-state index contributed by atoms with van der Waals surface area (Å²) in [6, 6.07) is 5.75. The molecule has 7 nitrogen and oxygen atoms in total. The van der Waals surface area contributed by atoms with Crippen molar-refractivity contribution in [3.8, 4) is 5.75 Å². The van der Waals surface area contributed by atoms with E-state index in [4.69, 9.17) is 9.88 Å². The molecular weight excluding hydrogens is 284 g/mol. The Morgan fingerprint density at radius 2 is 2.05 bits per heavy atom. The number of non-ortho nitro benzene ring substituents is 1. The van der Waals surface area contributed by atoms with Gasteiger partial charge in [-0.25, -0.2) is 13.6 Å². The van der Waals surface area contributed by atoms with Crippen LogP contribution in [0.25, 0.3) is 0 Å². The minimum absolute atomic E-state index is 0.0621. The quantitative estimate of drug-likeness (QED) is 0.606. The van der Waals surface area contributed by atoms with Crippen LogP contribution in [0.3, 0.4) is 0 Å². The van der Waals surface area contributed by atoms with Gasteiger partial charge in [0.2, 0.25) is 10.0 Å². The Labute approximate surface area is 117 Å². The Balaban J connectivity index is 2.73. The van der Waals surface area contributed by atoms with Gasteiger partial charge >= 0.3 is 0 Å². The second-order valence-corrected chi connectivity index (χ2v) is 6.56. The molecule has 0 heterocycles. The molecule has 0 radical (unpaired) electrons. The second-order valence-electron chi connectivity index (χ2n) is 4.90. The van der Waals surface area contributed by atoms with E-state index in [1.54, 1.807) is 6.07 Å². The highest BCUT2D eigenvalue weighted by atomic mass is 32.2. The van der Waals surface area contributed by atoms with Crippen LogP contribution in [-0.2, 0) is 10.0 Å². The molecule has 1 rings (SSSR count). The van der Waals surface area contributed by atoms with Gasteiger partial charge in [-0.05, 0) is 12.0 Å². The number of nitrogens with two attached hydrogens (primary N) is 1. The van der Waals surface area contributed by atoms with Crippen LogP contribution in [-0.4, -0.2) is 25.7 Å². The summed E-state index contributed by atoms with van der Waals surface area (Å²) in [6.07, 6.45) is 0. The van der Waals surface area contributed by atoms with Crippen molar-refractivity contribution in [3.63, 3.8) is 0 Å². The monoisotopic (exact) mass is 302 g/mol. The Hall–Kier alpha value is -1.67. The zero-order valence-corrected chi connectivity index (χ0v) is 12.2. The molecule has 1 aromatic carbocycles. The van der Waals surface area contributed by atoms with Gasteiger partial charge in [-0.1, -0.05) is 19.9 Å². The highest BCUT2D eigenvalue weighted by Gasteiger charge is 2.20. The van der Waals surface area contributed by atoms with Crippen LogP contribution in [0.4, 0.5) is 5.69 Å². The van der Waals surface area contributed by atoms with Crippen LogP contribution in [0.15, 0.2) is 24.3 Å². The van der Waals surface area contributed by atoms with Gasteiger partial charge in [0.05, 0.1) is 23.3 Å². The molecule has 0 aliphatic rings. The first-order valence-corrected chi connectivity index (χ1v) is 7.78. The first-order chi connectivity index (χ1) is 9.19. The number of sulfonamides is 1. The summed E-state index contributed by atoms with van der Waals surface area (Å²) in [5, 5.41) is 15.7. The molecule has 0 amide bonds. The summed E-state index contributed by atoms with van der Waals surface area (Å²) in [7, 11) is -3.58. The first kappa shape index (κ1) is 16.4. The molecule has 112 valence electrons. The summed E-state index contributed by atoms with van der Waals surface area (Å²) >= 11 is 0. The number of primary sulfonamides is 1. The molecule has 2 N–H and O–H groups in total. The standard InChI is InChI=1S/C12H18N2O5S/c1-9(2)10(8-20(13,17)18)7-19-12-5-3-4-11(6-12)14(15)16/h3-6,9-10H,7-8H2,1-2H3,(H2,13,17,18). The SMILES string of the molecule is CC(C)C(COc1cccc([N+](=O)[O-])c1)CS(N)(=O)=O. The summed E-state index contributed by atoms with van der Waals surface area (Å²) in [4.78, 5) is 10.1. The third-order valence-electron chi connectivity index (χ3n) is 2.88. The van der Waals surface area contributed by atoms with E-state index in [0.29, 0.717) is 5.75 Å². The third kappa shape index (κ3) is 5.54. The Morgan fingerprint density at radius 3 is 2.55 bits per heavy atom. The average molecular weight is 302 g/mol. The van der Waals surface area contributed by atoms with Gasteiger partial charge in [-0.15, -0.1) is 0 Å². The molecule has 0 aliphatic carbocycles. The van der Waals surface area contributed by atoms with E-state index in [-0.39, 0.29) is 29.9 Å². The molecule has 0 aromatic heterocycles. The van der Waals surface area contributed by atoms with Crippen LogP contribution in [0.2, 0.25) is 0 Å². The van der Waals surface area contributed by atoms with Crippen molar-refractivity contribution in [2.24, 2.45) is 17.0 Å². The number of benzene rings is 1. The average Bonchev–Trinajstić information content (AvgIpc) is 2.33. The number of nitro groups is 1. The maximum absolute atomic E-state index is 11.1. The third-order valence-corrected chi connectivity index (χ3v) is 3.77. The lowest BCUT2D eigenvalue weighted by Gasteiger charge is -2.20. The highest BCUT2D eigenvalue weighted by molar-refractivity contribution is 7.89. The predicted octanol–water partition coefficient (Wildman–Crippen LogP) is 1.53. The fourth-order valence-corrected chi connectivity index (χ4v) is 2.70. The minimum Gasteiger partial charge on any atom is -0.493 e. The molecule has 20 heavy (non-hydrogen) atoms. The number of rotatable bonds is 7. The zero-order chi connectivity index (χ0) is 15.3. The van der Waals surface area contributed by atoms with Gasteiger partial charge in [-0.2, -0.15) is 0 Å². The van der Waals surface area contributed by atoms with Crippen molar-refractivity contribution in [1.82, 2.24) is 0 Å². The molecule has 0 saturated carbocycles. The smallest absolute Gasteiger partial charge is 0.273 e. The fourth-order valence-electron chi connectivity index (χ4n) is 1.62. The van der Waals surface area contributed by atoms with E-state index in [9.17, 15) is 18.5 Å². The molecule has 8 heteroatoms. The van der Waals surface area contributed by atoms with Crippen LogP contribution in [0.1, 0.15) is 13.8 Å². The molecular formula is C12H18N2O5S. The van der Waals surface area contributed by atoms with Crippen LogP contribution >= 0.6 is 0 Å².